The highest BCUT2D eigenvalue weighted by Gasteiger charge is 2.23. The number of nitrogen functional groups attached to an aromatic ring is 1. The molecule has 0 atom stereocenters. The average Bonchev–Trinajstić information content (AvgIpc) is 2.79. The maximum Gasteiger partial charge on any atom is 0.313 e. The molecule has 0 aliphatic heterocycles. The Morgan fingerprint density at radius 3 is 2.87 bits per heavy atom. The number of aromatic nitrogens is 2. The summed E-state index contributed by atoms with van der Waals surface area (Å²) in [5, 5.41) is 3.81. The molecular formula is C8H11BrN4S2+2. The maximum atomic E-state index is 5.72. The quantitative estimate of drug-likeness (QED) is 0.942. The van der Waals surface area contributed by atoms with Crippen molar-refractivity contribution in [1.29, 1.82) is 0 Å². The molecule has 0 fully saturated rings. The van der Waals surface area contributed by atoms with Crippen LogP contribution in [0.1, 0.15) is 6.92 Å². The van der Waals surface area contributed by atoms with Crippen molar-refractivity contribution < 1.29 is 9.97 Å². The molecule has 80 valence electrons. The van der Waals surface area contributed by atoms with Crippen LogP contribution in [0.4, 0.5) is 16.1 Å². The first-order valence-electron chi connectivity index (χ1n) is 4.42. The topological polar surface area (TPSA) is 57.5 Å². The molecule has 7 heteroatoms. The highest BCUT2D eigenvalue weighted by atomic mass is 79.9. The number of hydrogen-bond donors (Lipinski definition) is 1. The van der Waals surface area contributed by atoms with E-state index in [2.05, 4.69) is 37.7 Å². The summed E-state index contributed by atoms with van der Waals surface area (Å²) < 4.78 is 1.02. The SMILES string of the molecule is CCN(c1[nH+]ccs1)c1[nH+]c(N)sc1Br. The molecule has 0 aliphatic rings. The lowest BCUT2D eigenvalue weighted by Crippen LogP contribution is -2.26. The average molecular weight is 307 g/mol. The van der Waals surface area contributed by atoms with Gasteiger partial charge in [-0.15, -0.1) is 0 Å². The first-order chi connectivity index (χ1) is 7.22. The molecule has 2 aromatic rings. The minimum Gasteiger partial charge on any atom is -0.310 e. The predicted octanol–water partition coefficient (Wildman–Crippen LogP) is 1.94. The van der Waals surface area contributed by atoms with E-state index in [-0.39, 0.29) is 0 Å². The largest absolute Gasteiger partial charge is 0.313 e. The van der Waals surface area contributed by atoms with Crippen molar-refractivity contribution in [3.05, 3.63) is 15.4 Å². The van der Waals surface area contributed by atoms with Crippen LogP contribution >= 0.6 is 38.6 Å². The van der Waals surface area contributed by atoms with Crippen LogP contribution in [0, 0.1) is 0 Å². The van der Waals surface area contributed by atoms with E-state index < -0.39 is 0 Å². The van der Waals surface area contributed by atoms with Crippen molar-refractivity contribution in [3.63, 3.8) is 0 Å². The first-order valence-corrected chi connectivity index (χ1v) is 6.91. The second-order valence-corrected chi connectivity index (χ2v) is 6.09. The predicted molar refractivity (Wildman–Crippen MR) is 66.5 cm³/mol. The molecule has 0 amide bonds. The van der Waals surface area contributed by atoms with Crippen molar-refractivity contribution in [2.24, 2.45) is 0 Å². The number of thiazole rings is 2. The molecule has 0 bridgehead atoms. The molecule has 2 heterocycles. The number of rotatable bonds is 3. The van der Waals surface area contributed by atoms with E-state index >= 15 is 0 Å². The molecule has 0 radical (unpaired) electrons. The van der Waals surface area contributed by atoms with E-state index in [1.54, 1.807) is 11.3 Å². The van der Waals surface area contributed by atoms with Gasteiger partial charge in [-0.3, -0.25) is 0 Å². The van der Waals surface area contributed by atoms with Gasteiger partial charge < -0.3 is 5.73 Å². The van der Waals surface area contributed by atoms with Gasteiger partial charge in [-0.2, -0.15) is 0 Å². The number of nitrogens with one attached hydrogen (secondary N) is 2. The van der Waals surface area contributed by atoms with Gasteiger partial charge in [0.05, 0.1) is 12.7 Å². The zero-order chi connectivity index (χ0) is 10.8. The minimum absolute atomic E-state index is 0.701. The molecule has 0 saturated carbocycles. The monoisotopic (exact) mass is 306 g/mol. The van der Waals surface area contributed by atoms with E-state index in [1.807, 2.05) is 11.6 Å². The Morgan fingerprint density at radius 2 is 2.40 bits per heavy atom. The Balaban J connectivity index is 2.39. The molecule has 0 aromatic carbocycles. The number of hydrogen-bond acceptors (Lipinski definition) is 4. The van der Waals surface area contributed by atoms with E-state index in [1.165, 1.54) is 11.3 Å². The molecule has 0 aliphatic carbocycles. The molecular weight excluding hydrogens is 296 g/mol. The number of H-pyrrole nitrogens is 2. The number of aromatic amines is 2. The highest BCUT2D eigenvalue weighted by Crippen LogP contribution is 2.33. The lowest BCUT2D eigenvalue weighted by Gasteiger charge is -2.09. The summed E-state index contributed by atoms with van der Waals surface area (Å²) in [6.07, 6.45) is 1.92. The van der Waals surface area contributed by atoms with Crippen LogP contribution in [0.25, 0.3) is 0 Å². The molecule has 2 rings (SSSR count). The second kappa shape index (κ2) is 4.46. The van der Waals surface area contributed by atoms with Crippen LogP contribution in [-0.4, -0.2) is 6.54 Å². The fraction of sp³-hybridized carbons (Fsp3) is 0.250. The summed E-state index contributed by atoms with van der Waals surface area (Å²) >= 11 is 6.66. The molecule has 15 heavy (non-hydrogen) atoms. The number of anilines is 3. The van der Waals surface area contributed by atoms with E-state index in [0.29, 0.717) is 5.13 Å². The zero-order valence-corrected chi connectivity index (χ0v) is 11.3. The van der Waals surface area contributed by atoms with Gasteiger partial charge in [-0.25, -0.2) is 14.9 Å². The van der Waals surface area contributed by atoms with Crippen LogP contribution in [0.2, 0.25) is 0 Å². The number of nitrogens with two attached hydrogens (primary N) is 1. The molecule has 4 N–H and O–H groups in total. The normalized spacial score (nSPS) is 10.5. The fourth-order valence-corrected chi connectivity index (χ4v) is 3.48. The van der Waals surface area contributed by atoms with Crippen LogP contribution in [-0.2, 0) is 0 Å². The lowest BCUT2D eigenvalue weighted by molar-refractivity contribution is -0.364. The van der Waals surface area contributed by atoms with E-state index in [4.69, 9.17) is 5.73 Å². The van der Waals surface area contributed by atoms with Gasteiger partial charge in [0.25, 0.3) is 10.9 Å². The Labute approximate surface area is 104 Å². The van der Waals surface area contributed by atoms with Gasteiger partial charge in [0.2, 0.25) is 0 Å². The second-order valence-electron chi connectivity index (χ2n) is 2.83. The van der Waals surface area contributed by atoms with Gasteiger partial charge in [-0.05, 0) is 22.9 Å². The molecule has 0 saturated heterocycles. The zero-order valence-electron chi connectivity index (χ0n) is 8.08. The third-order valence-corrected chi connectivity index (χ3v) is 4.30. The van der Waals surface area contributed by atoms with Gasteiger partial charge in [0.1, 0.15) is 3.79 Å². The smallest absolute Gasteiger partial charge is 0.310 e. The first kappa shape index (κ1) is 10.8. The van der Waals surface area contributed by atoms with Gasteiger partial charge >= 0.3 is 5.13 Å². The third kappa shape index (κ3) is 2.14. The molecule has 2 aromatic heterocycles. The van der Waals surface area contributed by atoms with Crippen molar-refractivity contribution in [2.75, 3.05) is 17.2 Å². The minimum atomic E-state index is 0.701. The standard InChI is InChI=1S/C8H9BrN4S2/c1-2-13(8-11-3-4-14-8)6-5(9)15-7(10)12-6/h3-4H,2H2,1H3,(H2,10,12)/p+2. The van der Waals surface area contributed by atoms with E-state index in [9.17, 15) is 0 Å². The van der Waals surface area contributed by atoms with E-state index in [0.717, 1.165) is 21.3 Å². The Morgan fingerprint density at radius 1 is 1.60 bits per heavy atom. The number of halogens is 1. The molecule has 0 spiro atoms. The Bertz CT molecular complexity index is 439. The van der Waals surface area contributed by atoms with Crippen molar-refractivity contribution in [2.45, 2.75) is 6.92 Å². The maximum absolute atomic E-state index is 5.72. The van der Waals surface area contributed by atoms with Crippen LogP contribution in [0.5, 0.6) is 0 Å². The summed E-state index contributed by atoms with van der Waals surface area (Å²) in [6.45, 7) is 2.98. The Kier molecular flexibility index (Phi) is 3.22. The number of nitrogens with zero attached hydrogens (tertiary/aromatic N) is 1. The van der Waals surface area contributed by atoms with Crippen LogP contribution in [0.15, 0.2) is 15.4 Å². The van der Waals surface area contributed by atoms with Crippen LogP contribution < -0.4 is 20.6 Å². The van der Waals surface area contributed by atoms with Gasteiger partial charge in [0, 0.05) is 5.38 Å². The van der Waals surface area contributed by atoms with Crippen molar-refractivity contribution in [3.8, 4) is 0 Å². The van der Waals surface area contributed by atoms with Crippen molar-refractivity contribution in [1.82, 2.24) is 0 Å². The Hall–Kier alpha value is -0.660. The van der Waals surface area contributed by atoms with Gasteiger partial charge in [0.15, 0.2) is 0 Å². The van der Waals surface area contributed by atoms with Crippen molar-refractivity contribution >= 4 is 54.7 Å². The van der Waals surface area contributed by atoms with Crippen LogP contribution in [0.3, 0.4) is 0 Å². The van der Waals surface area contributed by atoms with Gasteiger partial charge in [-0.1, -0.05) is 22.7 Å². The highest BCUT2D eigenvalue weighted by molar-refractivity contribution is 9.11. The summed E-state index contributed by atoms with van der Waals surface area (Å²) in [7, 11) is 0. The summed E-state index contributed by atoms with van der Waals surface area (Å²) in [5.74, 6) is 0.999. The molecule has 4 nitrogen and oxygen atoms in total. The fourth-order valence-electron chi connectivity index (χ4n) is 1.29. The molecule has 0 unspecified atom stereocenters. The summed E-state index contributed by atoms with van der Waals surface area (Å²) in [4.78, 5) is 8.48. The summed E-state index contributed by atoms with van der Waals surface area (Å²) in [6, 6.07) is 0. The lowest BCUT2D eigenvalue weighted by atomic mass is 10.6. The third-order valence-electron chi connectivity index (χ3n) is 1.91. The summed E-state index contributed by atoms with van der Waals surface area (Å²) in [5.41, 5.74) is 5.72.